The minimum Gasteiger partial charge on any atom is -1.00 e. The normalized spacial score (nSPS) is 10.6. The van der Waals surface area contributed by atoms with Crippen molar-refractivity contribution in [3.8, 4) is 11.1 Å². The summed E-state index contributed by atoms with van der Waals surface area (Å²) in [6.07, 6.45) is 16.6. The quantitative estimate of drug-likeness (QED) is 0.268. The Labute approximate surface area is 214 Å². The fourth-order valence-electron chi connectivity index (χ4n) is 2.84. The topological polar surface area (TPSA) is 0 Å². The summed E-state index contributed by atoms with van der Waals surface area (Å²) in [5.41, 5.74) is 5.51. The predicted molar refractivity (Wildman–Crippen MR) is 119 cm³/mol. The Morgan fingerprint density at radius 3 is 2.03 bits per heavy atom. The van der Waals surface area contributed by atoms with Gasteiger partial charge in [0.05, 0.1) is 0 Å². The van der Waals surface area contributed by atoms with Crippen LogP contribution >= 0.6 is 0 Å². The number of allylic oxidation sites excluding steroid dienone is 4. The first-order valence-electron chi connectivity index (χ1n) is 9.87. The molecule has 2 aromatic carbocycles. The van der Waals surface area contributed by atoms with Crippen LogP contribution in [0.1, 0.15) is 57.1 Å². The number of unbranched alkanes of at least 4 members (excludes halogenated alkanes) is 3. The summed E-state index contributed by atoms with van der Waals surface area (Å²) in [4.78, 5) is 0. The number of hydrogen-bond acceptors (Lipinski definition) is 0. The van der Waals surface area contributed by atoms with Crippen molar-refractivity contribution in [1.29, 1.82) is 0 Å². The van der Waals surface area contributed by atoms with Gasteiger partial charge in [-0.3, -0.25) is 6.08 Å². The second-order valence-electron chi connectivity index (χ2n) is 6.11. The van der Waals surface area contributed by atoms with Crippen LogP contribution < -0.4 is 24.8 Å². The standard InChI is InChI=1S/C13H9.C6H14.C5H5.CH5Si.2ClH.Zr/c1-3-7-12-10(5-1)9-11-6-2-4-8-13(11)12;1-3-5-6-4-2;1-2-4-5-3-1;1-2;;;/h1-5,7-8H,9H2;3-6H2,1-2H3;1-3H,4H2;2H2,1H3;2*1H;/q-1;;-1;;;;+4/p-2. The Morgan fingerprint density at radius 1 is 0.897 bits per heavy atom. The average Bonchev–Trinajstić information content (AvgIpc) is 3.40. The van der Waals surface area contributed by atoms with Crippen LogP contribution in [0.5, 0.6) is 0 Å². The number of fused-ring (bicyclic) bond motifs is 3. The molecule has 155 valence electrons. The predicted octanol–water partition coefficient (Wildman–Crippen LogP) is 0.623. The van der Waals surface area contributed by atoms with E-state index in [1.54, 1.807) is 0 Å². The summed E-state index contributed by atoms with van der Waals surface area (Å²) >= 11 is 0. The zero-order valence-corrected chi connectivity index (χ0v) is 23.4. The van der Waals surface area contributed by atoms with Crippen molar-refractivity contribution in [3.05, 3.63) is 84.0 Å². The fourth-order valence-corrected chi connectivity index (χ4v) is 2.84. The summed E-state index contributed by atoms with van der Waals surface area (Å²) in [5.74, 6) is 0. The average molecular weight is 524 g/mol. The van der Waals surface area contributed by atoms with Crippen molar-refractivity contribution in [2.45, 2.75) is 58.9 Å². The molecular weight excluding hydrogens is 490 g/mol. The Balaban J connectivity index is -0.000000364. The van der Waals surface area contributed by atoms with Crippen molar-refractivity contribution < 1.29 is 51.0 Å². The SMILES string of the molecule is CCCCCC.C[SiH2].[C-]1=CC=CC1.[Cl-].[Cl-].[Zr+4].[c-]1cccc2c1Cc1ccccc1-2. The zero-order chi connectivity index (χ0) is 19.0. The molecule has 2 aromatic rings. The van der Waals surface area contributed by atoms with Crippen molar-refractivity contribution >= 4 is 10.2 Å². The maximum atomic E-state index is 3.30. The number of halogens is 2. The minimum atomic E-state index is 0. The number of benzene rings is 2. The molecule has 0 saturated carbocycles. The smallest absolute Gasteiger partial charge is 1.00 e. The molecule has 0 aliphatic heterocycles. The van der Waals surface area contributed by atoms with Gasteiger partial charge in [0.15, 0.2) is 0 Å². The molecule has 1 radical (unpaired) electrons. The molecule has 0 amide bonds. The monoisotopic (exact) mass is 521 g/mol. The molecular formula is C25H33Cl2SiZr. The first-order valence-corrected chi connectivity index (χ1v) is 11.3. The molecule has 0 spiro atoms. The minimum absolute atomic E-state index is 0. The largest absolute Gasteiger partial charge is 4.00 e. The van der Waals surface area contributed by atoms with E-state index in [1.165, 1.54) is 47.9 Å². The first kappa shape index (κ1) is 33.2. The van der Waals surface area contributed by atoms with Crippen molar-refractivity contribution in [2.75, 3.05) is 0 Å². The van der Waals surface area contributed by atoms with Crippen LogP contribution in [0.15, 0.2) is 60.7 Å². The van der Waals surface area contributed by atoms with Crippen LogP contribution in [0.2, 0.25) is 6.55 Å². The molecule has 29 heavy (non-hydrogen) atoms. The maximum Gasteiger partial charge on any atom is 4.00 e. The Morgan fingerprint density at radius 2 is 1.52 bits per heavy atom. The van der Waals surface area contributed by atoms with Crippen molar-refractivity contribution in [1.82, 2.24) is 0 Å². The molecule has 0 nitrogen and oxygen atoms in total. The summed E-state index contributed by atoms with van der Waals surface area (Å²) < 4.78 is 0. The van der Waals surface area contributed by atoms with Crippen LogP contribution in [0.3, 0.4) is 0 Å². The van der Waals surface area contributed by atoms with Gasteiger partial charge in [-0.25, -0.2) is 12.2 Å². The second-order valence-corrected chi connectivity index (χ2v) is 6.11. The van der Waals surface area contributed by atoms with Gasteiger partial charge in [-0.1, -0.05) is 81.5 Å². The van der Waals surface area contributed by atoms with Crippen molar-refractivity contribution in [3.63, 3.8) is 0 Å². The molecule has 0 bridgehead atoms. The third-order valence-electron chi connectivity index (χ3n) is 4.16. The number of rotatable bonds is 3. The third kappa shape index (κ3) is 12.8. The molecule has 0 unspecified atom stereocenters. The molecule has 0 N–H and O–H groups in total. The molecule has 0 fully saturated rings. The molecule has 4 heteroatoms. The second kappa shape index (κ2) is 22.3. The van der Waals surface area contributed by atoms with E-state index in [2.05, 4.69) is 68.5 Å². The zero-order valence-electron chi connectivity index (χ0n) is 18.0. The van der Waals surface area contributed by atoms with E-state index in [9.17, 15) is 0 Å². The van der Waals surface area contributed by atoms with Crippen LogP contribution in [-0.4, -0.2) is 10.2 Å². The molecule has 2 aliphatic carbocycles. The Hall–Kier alpha value is -0.400. The van der Waals surface area contributed by atoms with Gasteiger partial charge in [0.25, 0.3) is 0 Å². The molecule has 0 atom stereocenters. The summed E-state index contributed by atoms with van der Waals surface area (Å²) in [5, 5.41) is 0. The maximum absolute atomic E-state index is 3.30. The summed E-state index contributed by atoms with van der Waals surface area (Å²) in [6.45, 7) is 6.49. The van der Waals surface area contributed by atoms with Crippen LogP contribution in [0.25, 0.3) is 11.1 Å². The summed E-state index contributed by atoms with van der Waals surface area (Å²) in [6, 6.07) is 18.1. The van der Waals surface area contributed by atoms with E-state index < -0.39 is 0 Å². The molecule has 0 saturated heterocycles. The van der Waals surface area contributed by atoms with Crippen LogP contribution in [0, 0.1) is 12.1 Å². The van der Waals surface area contributed by atoms with Gasteiger partial charge >= 0.3 is 26.2 Å². The third-order valence-corrected chi connectivity index (χ3v) is 4.16. The van der Waals surface area contributed by atoms with Gasteiger partial charge < -0.3 is 24.8 Å². The van der Waals surface area contributed by atoms with Gasteiger partial charge in [-0.2, -0.15) is 35.9 Å². The van der Waals surface area contributed by atoms with Gasteiger partial charge in [0, 0.05) is 10.2 Å². The van der Waals surface area contributed by atoms with Crippen LogP contribution in [0.4, 0.5) is 0 Å². The molecule has 0 heterocycles. The van der Waals surface area contributed by atoms with Crippen molar-refractivity contribution in [2.24, 2.45) is 0 Å². The van der Waals surface area contributed by atoms with Crippen LogP contribution in [-0.2, 0) is 32.6 Å². The molecule has 2 aliphatic rings. The van der Waals surface area contributed by atoms with Gasteiger partial charge in [0.1, 0.15) is 0 Å². The van der Waals surface area contributed by atoms with Gasteiger partial charge in [-0.15, -0.1) is 12.0 Å². The Kier molecular flexibility index (Phi) is 25.6. The van der Waals surface area contributed by atoms with Gasteiger partial charge in [0.2, 0.25) is 0 Å². The van der Waals surface area contributed by atoms with Gasteiger partial charge in [-0.05, 0) is 6.42 Å². The van der Waals surface area contributed by atoms with E-state index in [0.29, 0.717) is 0 Å². The van der Waals surface area contributed by atoms with E-state index in [1.807, 2.05) is 35.0 Å². The summed E-state index contributed by atoms with van der Waals surface area (Å²) in [7, 11) is 1.86. The van der Waals surface area contributed by atoms with E-state index in [-0.39, 0.29) is 51.0 Å². The van der Waals surface area contributed by atoms with E-state index in [0.717, 1.165) is 12.8 Å². The number of hydrogen-bond donors (Lipinski definition) is 0. The van der Waals surface area contributed by atoms with E-state index in [4.69, 9.17) is 0 Å². The molecule has 4 rings (SSSR count). The van der Waals surface area contributed by atoms with E-state index >= 15 is 0 Å². The Bertz CT molecular complexity index is 627. The molecule has 0 aromatic heterocycles. The first-order chi connectivity index (χ1) is 12.9. The fraction of sp³-hybridized carbons (Fsp3) is 0.360.